The van der Waals surface area contributed by atoms with Gasteiger partial charge in [0, 0.05) is 7.11 Å². The smallest absolute Gasteiger partial charge is 0.338 e. The number of methoxy groups -OCH3 is 1. The lowest BCUT2D eigenvalue weighted by molar-refractivity contribution is -0.119. The van der Waals surface area contributed by atoms with Gasteiger partial charge in [0.25, 0.3) is 5.91 Å². The zero-order chi connectivity index (χ0) is 20.5. The number of ether oxygens (including phenoxy) is 3. The number of rotatable bonds is 8. The molecule has 6 nitrogen and oxygen atoms in total. The van der Waals surface area contributed by atoms with E-state index in [9.17, 15) is 9.59 Å². The highest BCUT2D eigenvalue weighted by Crippen LogP contribution is 2.29. The molecule has 3 rings (SSSR count). The molecule has 0 saturated heterocycles. The molecule has 3 aromatic rings. The Labute approximate surface area is 169 Å². The highest BCUT2D eigenvalue weighted by atomic mass is 16.5. The molecular weight excluding hydrogens is 370 g/mol. The van der Waals surface area contributed by atoms with E-state index in [1.54, 1.807) is 49.6 Å². The van der Waals surface area contributed by atoms with Crippen molar-refractivity contribution in [1.29, 1.82) is 0 Å². The number of hydrogen-bond donors (Lipinski definition) is 1. The number of anilines is 1. The van der Waals surface area contributed by atoms with Crippen molar-refractivity contribution in [2.24, 2.45) is 0 Å². The second-order valence-electron chi connectivity index (χ2n) is 6.17. The molecular formula is C23H21NO5. The normalized spacial score (nSPS) is 10.2. The predicted molar refractivity (Wildman–Crippen MR) is 109 cm³/mol. The van der Waals surface area contributed by atoms with Crippen LogP contribution in [0, 0.1) is 0 Å². The fourth-order valence-corrected chi connectivity index (χ4v) is 2.63. The van der Waals surface area contributed by atoms with E-state index in [1.807, 2.05) is 36.4 Å². The van der Waals surface area contributed by atoms with Crippen LogP contribution >= 0.6 is 0 Å². The summed E-state index contributed by atoms with van der Waals surface area (Å²) in [5.74, 6) is 0.102. The maximum Gasteiger partial charge on any atom is 0.338 e. The van der Waals surface area contributed by atoms with Gasteiger partial charge in [0.1, 0.15) is 5.75 Å². The van der Waals surface area contributed by atoms with Crippen LogP contribution in [0.1, 0.15) is 15.9 Å². The van der Waals surface area contributed by atoms with Crippen molar-refractivity contribution in [1.82, 2.24) is 0 Å². The molecule has 6 heteroatoms. The first kappa shape index (κ1) is 20.1. The van der Waals surface area contributed by atoms with Crippen molar-refractivity contribution in [3.63, 3.8) is 0 Å². The molecule has 3 aromatic carbocycles. The van der Waals surface area contributed by atoms with Gasteiger partial charge >= 0.3 is 5.97 Å². The fourth-order valence-electron chi connectivity index (χ4n) is 2.63. The lowest BCUT2D eigenvalue weighted by atomic mass is 10.1. The summed E-state index contributed by atoms with van der Waals surface area (Å²) in [6, 6.07) is 23.2. The number of amides is 1. The van der Waals surface area contributed by atoms with Crippen LogP contribution in [0.2, 0.25) is 0 Å². The average molecular weight is 391 g/mol. The molecule has 29 heavy (non-hydrogen) atoms. The first-order valence-corrected chi connectivity index (χ1v) is 9.02. The van der Waals surface area contributed by atoms with Crippen molar-refractivity contribution in [2.75, 3.05) is 19.0 Å². The SMILES string of the molecule is COCc1cccc(C(=O)OCC(=O)Nc2ccccc2Oc2ccccc2)c1. The average Bonchev–Trinajstić information content (AvgIpc) is 2.75. The second-order valence-corrected chi connectivity index (χ2v) is 6.17. The zero-order valence-electron chi connectivity index (χ0n) is 16.0. The summed E-state index contributed by atoms with van der Waals surface area (Å²) in [6.45, 7) is -0.0210. The molecule has 0 aliphatic carbocycles. The van der Waals surface area contributed by atoms with Crippen LogP contribution in [0.5, 0.6) is 11.5 Å². The first-order chi connectivity index (χ1) is 14.2. The first-order valence-electron chi connectivity index (χ1n) is 9.02. The van der Waals surface area contributed by atoms with Gasteiger partial charge in [-0.2, -0.15) is 0 Å². The Bertz CT molecular complexity index is 972. The van der Waals surface area contributed by atoms with Crippen LogP contribution < -0.4 is 10.1 Å². The standard InChI is InChI=1S/C23H21NO5/c1-27-15-17-8-7-9-18(14-17)23(26)28-16-22(25)24-20-12-5-6-13-21(20)29-19-10-3-2-4-11-19/h2-14H,15-16H2,1H3,(H,24,25). The molecule has 0 aliphatic heterocycles. The molecule has 0 atom stereocenters. The molecule has 0 saturated carbocycles. The van der Waals surface area contributed by atoms with E-state index >= 15 is 0 Å². The summed E-state index contributed by atoms with van der Waals surface area (Å²) in [4.78, 5) is 24.5. The van der Waals surface area contributed by atoms with Gasteiger partial charge in [-0.15, -0.1) is 0 Å². The van der Waals surface area contributed by atoms with Gasteiger partial charge in [0.2, 0.25) is 0 Å². The number of para-hydroxylation sites is 3. The van der Waals surface area contributed by atoms with Gasteiger partial charge in [-0.05, 0) is 42.0 Å². The molecule has 0 bridgehead atoms. The molecule has 0 heterocycles. The second kappa shape index (κ2) is 10.1. The minimum Gasteiger partial charge on any atom is -0.455 e. The van der Waals surface area contributed by atoms with Gasteiger partial charge in [-0.1, -0.05) is 42.5 Å². The topological polar surface area (TPSA) is 73.9 Å². The Kier molecular flexibility index (Phi) is 6.97. The summed E-state index contributed by atoms with van der Waals surface area (Å²) >= 11 is 0. The minimum atomic E-state index is -0.577. The van der Waals surface area contributed by atoms with Gasteiger partial charge in [0.05, 0.1) is 17.9 Å². The monoisotopic (exact) mass is 391 g/mol. The number of benzene rings is 3. The van der Waals surface area contributed by atoms with Crippen molar-refractivity contribution in [2.45, 2.75) is 6.61 Å². The highest BCUT2D eigenvalue weighted by Gasteiger charge is 2.13. The molecule has 0 radical (unpaired) electrons. The highest BCUT2D eigenvalue weighted by molar-refractivity contribution is 5.96. The van der Waals surface area contributed by atoms with E-state index in [2.05, 4.69) is 5.32 Å². The maximum absolute atomic E-state index is 12.3. The predicted octanol–water partition coefficient (Wildman–Crippen LogP) is 4.42. The number of hydrogen-bond acceptors (Lipinski definition) is 5. The summed E-state index contributed by atoms with van der Waals surface area (Å²) in [5, 5.41) is 2.71. The number of carbonyl (C=O) groups excluding carboxylic acids is 2. The van der Waals surface area contributed by atoms with E-state index in [0.29, 0.717) is 29.4 Å². The van der Waals surface area contributed by atoms with Gasteiger partial charge in [0.15, 0.2) is 12.4 Å². The molecule has 0 fully saturated rings. The molecule has 148 valence electrons. The van der Waals surface area contributed by atoms with Crippen molar-refractivity contribution >= 4 is 17.6 Å². The summed E-state index contributed by atoms with van der Waals surface area (Å²) in [5.41, 5.74) is 1.69. The summed E-state index contributed by atoms with van der Waals surface area (Å²) in [6.07, 6.45) is 0. The number of esters is 1. The van der Waals surface area contributed by atoms with E-state index < -0.39 is 18.5 Å². The van der Waals surface area contributed by atoms with Gasteiger partial charge < -0.3 is 19.5 Å². The molecule has 0 spiro atoms. The molecule has 0 unspecified atom stereocenters. The third-order valence-corrected chi connectivity index (χ3v) is 3.94. The quantitative estimate of drug-likeness (QED) is 0.576. The Morgan fingerprint density at radius 3 is 2.45 bits per heavy atom. The molecule has 1 amide bonds. The van der Waals surface area contributed by atoms with Crippen LogP contribution in [0.4, 0.5) is 5.69 Å². The van der Waals surface area contributed by atoms with Crippen LogP contribution in [0.15, 0.2) is 78.9 Å². The molecule has 0 aliphatic rings. The van der Waals surface area contributed by atoms with E-state index in [0.717, 1.165) is 5.56 Å². The zero-order valence-corrected chi connectivity index (χ0v) is 16.0. The van der Waals surface area contributed by atoms with E-state index in [-0.39, 0.29) is 0 Å². The molecule has 1 N–H and O–H groups in total. The van der Waals surface area contributed by atoms with Crippen molar-refractivity contribution in [3.05, 3.63) is 90.0 Å². The fraction of sp³-hybridized carbons (Fsp3) is 0.130. The van der Waals surface area contributed by atoms with Crippen molar-refractivity contribution < 1.29 is 23.8 Å². The number of carbonyl (C=O) groups is 2. The third-order valence-electron chi connectivity index (χ3n) is 3.94. The van der Waals surface area contributed by atoms with Crippen molar-refractivity contribution in [3.8, 4) is 11.5 Å². The minimum absolute atomic E-state index is 0.361. The lowest BCUT2D eigenvalue weighted by Gasteiger charge is -2.12. The van der Waals surface area contributed by atoms with Crippen LogP contribution in [-0.2, 0) is 20.9 Å². The van der Waals surface area contributed by atoms with E-state index in [1.165, 1.54) is 0 Å². The largest absolute Gasteiger partial charge is 0.455 e. The van der Waals surface area contributed by atoms with Crippen LogP contribution in [0.3, 0.4) is 0 Å². The third kappa shape index (κ3) is 5.92. The maximum atomic E-state index is 12.3. The Morgan fingerprint density at radius 2 is 1.66 bits per heavy atom. The van der Waals surface area contributed by atoms with Gasteiger partial charge in [-0.25, -0.2) is 4.79 Å². The Balaban J connectivity index is 1.58. The van der Waals surface area contributed by atoms with E-state index in [4.69, 9.17) is 14.2 Å². The molecule has 0 aromatic heterocycles. The van der Waals surface area contributed by atoms with Gasteiger partial charge in [-0.3, -0.25) is 4.79 Å². The van der Waals surface area contributed by atoms with Crippen LogP contribution in [0.25, 0.3) is 0 Å². The Morgan fingerprint density at radius 1 is 0.897 bits per heavy atom. The number of nitrogens with one attached hydrogen (secondary N) is 1. The van der Waals surface area contributed by atoms with Crippen LogP contribution in [-0.4, -0.2) is 25.6 Å². The summed E-state index contributed by atoms with van der Waals surface area (Å²) < 4.78 is 16.0. The Hall–Kier alpha value is -3.64. The lowest BCUT2D eigenvalue weighted by Crippen LogP contribution is -2.21. The summed E-state index contributed by atoms with van der Waals surface area (Å²) in [7, 11) is 1.58.